The Kier molecular flexibility index (Phi) is 3.78. The first-order chi connectivity index (χ1) is 13.5. The summed E-state index contributed by atoms with van der Waals surface area (Å²) >= 11 is 0. The summed E-state index contributed by atoms with van der Waals surface area (Å²) < 4.78 is 22.9. The second kappa shape index (κ2) is 5.92. The molecule has 1 saturated carbocycles. The first kappa shape index (κ1) is 17.9. The number of aliphatic hydroxyl groups excluding tert-OH is 1. The maximum atomic E-state index is 13.1. The molecular formula is C20H23NO7. The van der Waals surface area contributed by atoms with Gasteiger partial charge < -0.3 is 24.1 Å². The first-order valence-electron chi connectivity index (χ1n) is 9.63. The lowest BCUT2D eigenvalue weighted by atomic mass is 9.62. The molecule has 2 saturated heterocycles. The molecule has 2 spiro atoms. The Balaban J connectivity index is 1.72. The SMILES string of the molecule is COC(=O)N1c2ccccc2[C@@]2(CCO)OC(=O)[C@@H]3CC4(CC[C@]312)OCCO4. The fourth-order valence-corrected chi connectivity index (χ4v) is 5.86. The Hall–Kier alpha value is -2.16. The molecule has 0 aromatic heterocycles. The zero-order valence-corrected chi connectivity index (χ0v) is 15.7. The Morgan fingerprint density at radius 1 is 1.29 bits per heavy atom. The van der Waals surface area contributed by atoms with E-state index in [9.17, 15) is 14.7 Å². The van der Waals surface area contributed by atoms with Gasteiger partial charge in [-0.25, -0.2) is 4.79 Å². The van der Waals surface area contributed by atoms with Crippen molar-refractivity contribution in [3.05, 3.63) is 29.8 Å². The van der Waals surface area contributed by atoms with E-state index in [-0.39, 0.29) is 13.0 Å². The molecule has 3 heterocycles. The van der Waals surface area contributed by atoms with Crippen molar-refractivity contribution in [3.63, 3.8) is 0 Å². The Morgan fingerprint density at radius 3 is 2.75 bits per heavy atom. The van der Waals surface area contributed by atoms with Crippen LogP contribution >= 0.6 is 0 Å². The van der Waals surface area contributed by atoms with Crippen LogP contribution in [0.4, 0.5) is 10.5 Å². The minimum atomic E-state index is -1.12. The summed E-state index contributed by atoms with van der Waals surface area (Å²) in [5.41, 5.74) is -0.711. The maximum absolute atomic E-state index is 13.1. The van der Waals surface area contributed by atoms with E-state index in [0.29, 0.717) is 38.2 Å². The average Bonchev–Trinajstić information content (AvgIpc) is 3.31. The van der Waals surface area contributed by atoms with Gasteiger partial charge in [0, 0.05) is 31.4 Å². The molecule has 1 amide bonds. The molecule has 3 fully saturated rings. The minimum Gasteiger partial charge on any atom is -0.452 e. The monoisotopic (exact) mass is 389 g/mol. The highest BCUT2D eigenvalue weighted by molar-refractivity contribution is 5.98. The summed E-state index contributed by atoms with van der Waals surface area (Å²) in [6.07, 6.45) is 0.927. The van der Waals surface area contributed by atoms with Crippen LogP contribution < -0.4 is 4.90 Å². The van der Waals surface area contributed by atoms with Crippen LogP contribution in [-0.4, -0.2) is 55.4 Å². The van der Waals surface area contributed by atoms with Crippen LogP contribution in [-0.2, 0) is 29.3 Å². The van der Waals surface area contributed by atoms with Gasteiger partial charge in [-0.15, -0.1) is 0 Å². The van der Waals surface area contributed by atoms with E-state index < -0.39 is 34.9 Å². The molecule has 0 radical (unpaired) electrons. The summed E-state index contributed by atoms with van der Waals surface area (Å²) in [7, 11) is 1.33. The van der Waals surface area contributed by atoms with Gasteiger partial charge in [0.05, 0.1) is 31.9 Å². The van der Waals surface area contributed by atoms with Crippen molar-refractivity contribution in [3.8, 4) is 0 Å². The van der Waals surface area contributed by atoms with Crippen molar-refractivity contribution < 1.29 is 33.6 Å². The number of esters is 1. The van der Waals surface area contributed by atoms with Gasteiger partial charge in [0.2, 0.25) is 0 Å². The van der Waals surface area contributed by atoms with Crippen molar-refractivity contribution in [1.29, 1.82) is 0 Å². The van der Waals surface area contributed by atoms with Crippen molar-refractivity contribution in [2.45, 2.75) is 42.6 Å². The Morgan fingerprint density at radius 2 is 2.04 bits per heavy atom. The van der Waals surface area contributed by atoms with Crippen LogP contribution in [0.15, 0.2) is 24.3 Å². The normalized spacial score (nSPS) is 34.7. The second-order valence-electron chi connectivity index (χ2n) is 7.83. The zero-order valence-electron chi connectivity index (χ0n) is 15.7. The van der Waals surface area contributed by atoms with E-state index in [1.165, 1.54) is 7.11 Å². The van der Waals surface area contributed by atoms with Gasteiger partial charge >= 0.3 is 12.1 Å². The third-order valence-corrected chi connectivity index (χ3v) is 6.85. The van der Waals surface area contributed by atoms with Crippen molar-refractivity contribution >= 4 is 17.7 Å². The lowest BCUT2D eigenvalue weighted by Crippen LogP contribution is -2.65. The van der Waals surface area contributed by atoms with E-state index >= 15 is 0 Å². The van der Waals surface area contributed by atoms with Gasteiger partial charge in [-0.05, 0) is 12.5 Å². The van der Waals surface area contributed by atoms with E-state index in [1.54, 1.807) is 4.90 Å². The predicted molar refractivity (Wildman–Crippen MR) is 95.5 cm³/mol. The Bertz CT molecular complexity index is 836. The van der Waals surface area contributed by atoms with Crippen LogP contribution in [0.3, 0.4) is 0 Å². The summed E-state index contributed by atoms with van der Waals surface area (Å²) in [5.74, 6) is -1.85. The van der Waals surface area contributed by atoms with Crippen LogP contribution in [0.5, 0.6) is 0 Å². The van der Waals surface area contributed by atoms with Gasteiger partial charge in [0.1, 0.15) is 5.54 Å². The number of fused-ring (bicyclic) bond motifs is 2. The molecule has 1 aromatic rings. The van der Waals surface area contributed by atoms with Gasteiger partial charge in [0.25, 0.3) is 0 Å². The average molecular weight is 389 g/mol. The standard InChI is InChI=1S/C20H23NO7/c1-25-17(24)21-15-5-3-2-4-13(15)20(8-9-22)19(21)7-6-18(26-10-11-27-18)12-14(19)16(23)28-20/h2-5,14,22H,6-12H2,1H3/t14-,19+,20+/m0/s1. The van der Waals surface area contributed by atoms with Crippen LogP contribution in [0.2, 0.25) is 0 Å². The third kappa shape index (κ3) is 1.95. The number of rotatable bonds is 2. The predicted octanol–water partition coefficient (Wildman–Crippen LogP) is 1.69. The molecule has 3 aliphatic heterocycles. The second-order valence-corrected chi connectivity index (χ2v) is 7.83. The number of benzene rings is 1. The molecular weight excluding hydrogens is 366 g/mol. The van der Waals surface area contributed by atoms with Gasteiger partial charge in [-0.1, -0.05) is 18.2 Å². The summed E-state index contributed by atoms with van der Waals surface area (Å²) in [6.45, 7) is 0.790. The maximum Gasteiger partial charge on any atom is 0.414 e. The molecule has 3 atom stereocenters. The topological polar surface area (TPSA) is 94.5 Å². The van der Waals surface area contributed by atoms with Gasteiger partial charge in [0.15, 0.2) is 11.4 Å². The van der Waals surface area contributed by atoms with Crippen molar-refractivity contribution in [1.82, 2.24) is 0 Å². The molecule has 5 rings (SSSR count). The Labute approximate surface area is 162 Å². The number of aliphatic hydroxyl groups is 1. The molecule has 1 aromatic carbocycles. The number of carbonyl (C=O) groups is 2. The van der Waals surface area contributed by atoms with Gasteiger partial charge in [-0.2, -0.15) is 0 Å². The fourth-order valence-electron chi connectivity index (χ4n) is 5.86. The summed E-state index contributed by atoms with van der Waals surface area (Å²) in [6, 6.07) is 7.37. The number of hydrogen-bond acceptors (Lipinski definition) is 7. The highest BCUT2D eigenvalue weighted by atomic mass is 16.7. The highest BCUT2D eigenvalue weighted by Gasteiger charge is 2.77. The number of nitrogens with zero attached hydrogens (tertiary/aromatic N) is 1. The quantitative estimate of drug-likeness (QED) is 0.769. The largest absolute Gasteiger partial charge is 0.452 e. The smallest absolute Gasteiger partial charge is 0.414 e. The number of para-hydroxylation sites is 1. The van der Waals surface area contributed by atoms with Crippen molar-refractivity contribution in [2.24, 2.45) is 5.92 Å². The summed E-state index contributed by atoms with van der Waals surface area (Å²) in [4.78, 5) is 27.6. The van der Waals surface area contributed by atoms with E-state index in [2.05, 4.69) is 0 Å². The number of anilines is 1. The molecule has 150 valence electrons. The number of ether oxygens (including phenoxy) is 4. The van der Waals surface area contributed by atoms with Crippen molar-refractivity contribution in [2.75, 3.05) is 31.8 Å². The summed E-state index contributed by atoms with van der Waals surface area (Å²) in [5, 5.41) is 9.88. The molecule has 4 aliphatic rings. The molecule has 1 aliphatic carbocycles. The van der Waals surface area contributed by atoms with E-state index in [0.717, 1.165) is 5.56 Å². The molecule has 28 heavy (non-hydrogen) atoms. The van der Waals surface area contributed by atoms with Crippen LogP contribution in [0, 0.1) is 5.92 Å². The highest BCUT2D eigenvalue weighted by Crippen LogP contribution is 2.67. The fraction of sp³-hybridized carbons (Fsp3) is 0.600. The number of hydrogen-bond donors (Lipinski definition) is 1. The first-order valence-corrected chi connectivity index (χ1v) is 9.63. The van der Waals surface area contributed by atoms with E-state index in [1.807, 2.05) is 24.3 Å². The zero-order chi connectivity index (χ0) is 19.6. The molecule has 1 N–H and O–H groups in total. The number of methoxy groups -OCH3 is 1. The lowest BCUT2D eigenvalue weighted by Gasteiger charge is -2.50. The minimum absolute atomic E-state index is 0.177. The third-order valence-electron chi connectivity index (χ3n) is 6.85. The molecule has 8 nitrogen and oxygen atoms in total. The molecule has 0 unspecified atom stereocenters. The molecule has 8 heteroatoms. The van der Waals surface area contributed by atoms with E-state index in [4.69, 9.17) is 18.9 Å². The van der Waals surface area contributed by atoms with Crippen LogP contribution in [0.1, 0.15) is 31.2 Å². The number of carbonyl (C=O) groups excluding carboxylic acids is 2. The lowest BCUT2D eigenvalue weighted by molar-refractivity contribution is -0.197. The molecule has 0 bridgehead atoms. The van der Waals surface area contributed by atoms with Crippen LogP contribution in [0.25, 0.3) is 0 Å². The van der Waals surface area contributed by atoms with Gasteiger partial charge in [-0.3, -0.25) is 9.69 Å². The number of amides is 1.